The molecule has 0 aliphatic carbocycles. The molecule has 0 fully saturated rings. The first kappa shape index (κ1) is 14.9. The summed E-state index contributed by atoms with van der Waals surface area (Å²) >= 11 is 0. The second kappa shape index (κ2) is 6.79. The Kier molecular flexibility index (Phi) is 4.39. The van der Waals surface area contributed by atoms with Crippen molar-refractivity contribution in [2.75, 3.05) is 12.4 Å². The molecule has 0 unspecified atom stereocenters. The van der Waals surface area contributed by atoms with Crippen LogP contribution in [0.3, 0.4) is 0 Å². The number of hydrogen-bond donors (Lipinski definition) is 1. The number of amides is 1. The van der Waals surface area contributed by atoms with Crippen LogP contribution in [0.2, 0.25) is 0 Å². The smallest absolute Gasteiger partial charge is 0.255 e. The van der Waals surface area contributed by atoms with Crippen LogP contribution >= 0.6 is 0 Å². The Morgan fingerprint density at radius 2 is 1.52 bits per heavy atom. The largest absolute Gasteiger partial charge is 0.497 e. The number of ether oxygens (including phenoxy) is 1. The third kappa shape index (κ3) is 3.58. The third-order valence-electron chi connectivity index (χ3n) is 3.58. The van der Waals surface area contributed by atoms with Crippen LogP contribution in [0.1, 0.15) is 10.4 Å². The summed E-state index contributed by atoms with van der Waals surface area (Å²) in [7, 11) is 1.60. The Hall–Kier alpha value is -3.07. The van der Waals surface area contributed by atoms with E-state index in [2.05, 4.69) is 5.32 Å². The topological polar surface area (TPSA) is 38.3 Å². The van der Waals surface area contributed by atoms with Gasteiger partial charge in [-0.3, -0.25) is 4.79 Å². The predicted octanol–water partition coefficient (Wildman–Crippen LogP) is 4.61. The van der Waals surface area contributed by atoms with Crippen molar-refractivity contribution in [2.24, 2.45) is 0 Å². The van der Waals surface area contributed by atoms with Gasteiger partial charge in [0.2, 0.25) is 0 Å². The van der Waals surface area contributed by atoms with Crippen molar-refractivity contribution >= 4 is 11.6 Å². The minimum atomic E-state index is -0.141. The zero-order valence-corrected chi connectivity index (χ0v) is 12.8. The lowest BCUT2D eigenvalue weighted by molar-refractivity contribution is 0.102. The van der Waals surface area contributed by atoms with E-state index in [1.165, 1.54) is 0 Å². The molecular weight excluding hydrogens is 286 g/mol. The van der Waals surface area contributed by atoms with Gasteiger partial charge in [0.15, 0.2) is 0 Å². The minimum absolute atomic E-state index is 0.141. The molecule has 0 spiro atoms. The average molecular weight is 303 g/mol. The summed E-state index contributed by atoms with van der Waals surface area (Å²) in [5.74, 6) is 0.570. The van der Waals surface area contributed by atoms with Crippen molar-refractivity contribution in [3.63, 3.8) is 0 Å². The summed E-state index contributed by atoms with van der Waals surface area (Å²) in [6.45, 7) is 0. The fraction of sp³-hybridized carbons (Fsp3) is 0.0500. The molecule has 0 aliphatic heterocycles. The van der Waals surface area contributed by atoms with E-state index in [0.29, 0.717) is 17.0 Å². The molecular formula is C20H17NO2. The van der Waals surface area contributed by atoms with Gasteiger partial charge in [-0.05, 0) is 35.4 Å². The van der Waals surface area contributed by atoms with Crippen LogP contribution in [0.4, 0.5) is 5.69 Å². The number of carbonyl (C=O) groups is 1. The molecule has 3 aromatic carbocycles. The second-order valence-electron chi connectivity index (χ2n) is 5.13. The molecule has 0 aliphatic rings. The van der Waals surface area contributed by atoms with E-state index < -0.39 is 0 Å². The maximum Gasteiger partial charge on any atom is 0.255 e. The summed E-state index contributed by atoms with van der Waals surface area (Å²) in [5, 5.41) is 2.87. The highest BCUT2D eigenvalue weighted by molar-refractivity contribution is 6.04. The molecule has 0 bridgehead atoms. The molecule has 1 amide bonds. The monoisotopic (exact) mass is 303 g/mol. The van der Waals surface area contributed by atoms with Gasteiger partial charge in [-0.1, -0.05) is 48.5 Å². The summed E-state index contributed by atoms with van der Waals surface area (Å²) in [4.78, 5) is 12.3. The molecule has 0 radical (unpaired) electrons. The van der Waals surface area contributed by atoms with Gasteiger partial charge < -0.3 is 10.1 Å². The average Bonchev–Trinajstić information content (AvgIpc) is 2.63. The number of methoxy groups -OCH3 is 1. The first-order valence-electron chi connectivity index (χ1n) is 7.37. The van der Waals surface area contributed by atoms with Crippen molar-refractivity contribution in [3.05, 3.63) is 84.4 Å². The quantitative estimate of drug-likeness (QED) is 0.764. The van der Waals surface area contributed by atoms with Crippen molar-refractivity contribution in [2.45, 2.75) is 0 Å². The normalized spacial score (nSPS) is 10.1. The minimum Gasteiger partial charge on any atom is -0.497 e. The van der Waals surface area contributed by atoms with Crippen LogP contribution in [-0.4, -0.2) is 13.0 Å². The van der Waals surface area contributed by atoms with Gasteiger partial charge in [-0.25, -0.2) is 0 Å². The molecule has 1 N–H and O–H groups in total. The van der Waals surface area contributed by atoms with Gasteiger partial charge >= 0.3 is 0 Å². The Bertz CT molecular complexity index is 795. The molecule has 3 heteroatoms. The standard InChI is InChI=1S/C20H17NO2/c1-23-19-9-5-8-18(14-19)21-20(22)17-12-10-16(11-13-17)15-6-3-2-4-7-15/h2-14H,1H3,(H,21,22). The molecule has 0 saturated heterocycles. The molecule has 23 heavy (non-hydrogen) atoms. The Morgan fingerprint density at radius 3 is 2.22 bits per heavy atom. The number of rotatable bonds is 4. The Balaban J connectivity index is 1.75. The van der Waals surface area contributed by atoms with Crippen molar-refractivity contribution in [1.82, 2.24) is 0 Å². The molecule has 3 rings (SSSR count). The number of hydrogen-bond acceptors (Lipinski definition) is 2. The van der Waals surface area contributed by atoms with Gasteiger partial charge in [0, 0.05) is 17.3 Å². The van der Waals surface area contributed by atoms with Gasteiger partial charge in [0.25, 0.3) is 5.91 Å². The zero-order valence-electron chi connectivity index (χ0n) is 12.8. The number of nitrogens with one attached hydrogen (secondary N) is 1. The summed E-state index contributed by atoms with van der Waals surface area (Å²) in [6, 6.07) is 24.9. The maximum atomic E-state index is 12.3. The van der Waals surface area contributed by atoms with Crippen molar-refractivity contribution < 1.29 is 9.53 Å². The Morgan fingerprint density at radius 1 is 0.826 bits per heavy atom. The lowest BCUT2D eigenvalue weighted by Crippen LogP contribution is -2.11. The molecule has 0 atom stereocenters. The van der Waals surface area contributed by atoms with Gasteiger partial charge in [0.1, 0.15) is 5.75 Å². The predicted molar refractivity (Wildman–Crippen MR) is 92.8 cm³/mol. The molecule has 0 saturated carbocycles. The van der Waals surface area contributed by atoms with Crippen LogP contribution in [0.15, 0.2) is 78.9 Å². The zero-order chi connectivity index (χ0) is 16.1. The molecule has 0 aromatic heterocycles. The fourth-order valence-corrected chi connectivity index (χ4v) is 2.35. The summed E-state index contributed by atoms with van der Waals surface area (Å²) in [6.07, 6.45) is 0. The molecule has 3 aromatic rings. The van der Waals surface area contributed by atoms with Gasteiger partial charge in [-0.15, -0.1) is 0 Å². The van der Waals surface area contributed by atoms with Crippen LogP contribution in [0.25, 0.3) is 11.1 Å². The summed E-state index contributed by atoms with van der Waals surface area (Å²) < 4.78 is 5.16. The van der Waals surface area contributed by atoms with E-state index in [-0.39, 0.29) is 5.91 Å². The SMILES string of the molecule is COc1cccc(NC(=O)c2ccc(-c3ccccc3)cc2)c1. The number of benzene rings is 3. The maximum absolute atomic E-state index is 12.3. The van der Waals surface area contributed by atoms with E-state index in [4.69, 9.17) is 4.74 Å². The van der Waals surface area contributed by atoms with E-state index in [0.717, 1.165) is 11.1 Å². The first-order chi connectivity index (χ1) is 11.3. The van der Waals surface area contributed by atoms with Crippen LogP contribution < -0.4 is 10.1 Å². The van der Waals surface area contributed by atoms with Crippen LogP contribution in [0, 0.1) is 0 Å². The van der Waals surface area contributed by atoms with Crippen LogP contribution in [-0.2, 0) is 0 Å². The highest BCUT2D eigenvalue weighted by Crippen LogP contribution is 2.21. The highest BCUT2D eigenvalue weighted by atomic mass is 16.5. The molecule has 0 heterocycles. The van der Waals surface area contributed by atoms with E-state index >= 15 is 0 Å². The molecule has 114 valence electrons. The highest BCUT2D eigenvalue weighted by Gasteiger charge is 2.07. The third-order valence-corrected chi connectivity index (χ3v) is 3.58. The lowest BCUT2D eigenvalue weighted by atomic mass is 10.0. The Labute approximate surface area is 135 Å². The lowest BCUT2D eigenvalue weighted by Gasteiger charge is -2.08. The van der Waals surface area contributed by atoms with Gasteiger partial charge in [-0.2, -0.15) is 0 Å². The van der Waals surface area contributed by atoms with E-state index in [1.807, 2.05) is 72.8 Å². The number of carbonyl (C=O) groups excluding carboxylic acids is 1. The summed E-state index contributed by atoms with van der Waals surface area (Å²) in [5.41, 5.74) is 3.55. The van der Waals surface area contributed by atoms with E-state index in [9.17, 15) is 4.79 Å². The number of anilines is 1. The first-order valence-corrected chi connectivity index (χ1v) is 7.37. The van der Waals surface area contributed by atoms with Crippen molar-refractivity contribution in [3.8, 4) is 16.9 Å². The molecule has 3 nitrogen and oxygen atoms in total. The fourth-order valence-electron chi connectivity index (χ4n) is 2.35. The second-order valence-corrected chi connectivity index (χ2v) is 5.13. The van der Waals surface area contributed by atoms with Crippen molar-refractivity contribution in [1.29, 1.82) is 0 Å². The van der Waals surface area contributed by atoms with E-state index in [1.54, 1.807) is 13.2 Å². The van der Waals surface area contributed by atoms with Crippen LogP contribution in [0.5, 0.6) is 5.75 Å². The van der Waals surface area contributed by atoms with Gasteiger partial charge in [0.05, 0.1) is 7.11 Å².